The molecule has 0 aliphatic heterocycles. The summed E-state index contributed by atoms with van der Waals surface area (Å²) in [5.74, 6) is 4.80. The Bertz CT molecular complexity index is 729. The molecule has 2 aromatic carbocycles. The SMILES string of the molecule is Cc1ccc(NC(=O)COc2cccc(C(=O)NN)c2)cc1C. The van der Waals surface area contributed by atoms with Crippen LogP contribution in [0.3, 0.4) is 0 Å². The maximum absolute atomic E-state index is 11.9. The van der Waals surface area contributed by atoms with Gasteiger partial charge in [-0.15, -0.1) is 0 Å². The van der Waals surface area contributed by atoms with Gasteiger partial charge in [0.1, 0.15) is 5.75 Å². The lowest BCUT2D eigenvalue weighted by Gasteiger charge is -2.09. The molecular formula is C17H19N3O3. The summed E-state index contributed by atoms with van der Waals surface area (Å²) in [6.07, 6.45) is 0. The predicted octanol–water partition coefficient (Wildman–Crippen LogP) is 1.92. The summed E-state index contributed by atoms with van der Waals surface area (Å²) in [4.78, 5) is 23.4. The van der Waals surface area contributed by atoms with Crippen LogP contribution in [-0.4, -0.2) is 18.4 Å². The van der Waals surface area contributed by atoms with E-state index in [1.165, 1.54) is 6.07 Å². The van der Waals surface area contributed by atoms with E-state index in [-0.39, 0.29) is 12.5 Å². The second kappa shape index (κ2) is 7.42. The summed E-state index contributed by atoms with van der Waals surface area (Å²) in [5.41, 5.74) is 5.39. The number of nitrogens with two attached hydrogens (primary N) is 1. The Morgan fingerprint density at radius 3 is 2.57 bits per heavy atom. The molecule has 0 saturated carbocycles. The van der Waals surface area contributed by atoms with Crippen molar-refractivity contribution in [2.24, 2.45) is 5.84 Å². The van der Waals surface area contributed by atoms with Crippen LogP contribution in [-0.2, 0) is 4.79 Å². The number of rotatable bonds is 5. The smallest absolute Gasteiger partial charge is 0.265 e. The Morgan fingerprint density at radius 1 is 1.09 bits per heavy atom. The van der Waals surface area contributed by atoms with E-state index in [9.17, 15) is 9.59 Å². The topological polar surface area (TPSA) is 93.4 Å². The first-order valence-corrected chi connectivity index (χ1v) is 7.10. The molecular weight excluding hydrogens is 294 g/mol. The molecule has 6 nitrogen and oxygen atoms in total. The van der Waals surface area contributed by atoms with Gasteiger partial charge < -0.3 is 10.1 Å². The van der Waals surface area contributed by atoms with Crippen LogP contribution in [0.25, 0.3) is 0 Å². The second-order valence-electron chi connectivity index (χ2n) is 5.14. The van der Waals surface area contributed by atoms with Crippen molar-refractivity contribution >= 4 is 17.5 Å². The highest BCUT2D eigenvalue weighted by molar-refractivity contribution is 5.94. The lowest BCUT2D eigenvalue weighted by molar-refractivity contribution is -0.118. The van der Waals surface area contributed by atoms with Crippen LogP contribution in [0.4, 0.5) is 5.69 Å². The molecule has 120 valence electrons. The van der Waals surface area contributed by atoms with Gasteiger partial charge >= 0.3 is 0 Å². The van der Waals surface area contributed by atoms with Gasteiger partial charge in [0.25, 0.3) is 11.8 Å². The van der Waals surface area contributed by atoms with Crippen LogP contribution in [0.1, 0.15) is 21.5 Å². The molecule has 0 aromatic heterocycles. The zero-order chi connectivity index (χ0) is 16.8. The monoisotopic (exact) mass is 313 g/mol. The van der Waals surface area contributed by atoms with E-state index in [2.05, 4.69) is 5.32 Å². The first kappa shape index (κ1) is 16.5. The van der Waals surface area contributed by atoms with E-state index < -0.39 is 5.91 Å². The molecule has 23 heavy (non-hydrogen) atoms. The number of hydrazine groups is 1. The largest absolute Gasteiger partial charge is 0.484 e. The molecule has 2 amide bonds. The van der Waals surface area contributed by atoms with Gasteiger partial charge in [0.15, 0.2) is 6.61 Å². The number of ether oxygens (including phenoxy) is 1. The van der Waals surface area contributed by atoms with E-state index in [0.29, 0.717) is 11.3 Å². The zero-order valence-corrected chi connectivity index (χ0v) is 13.1. The molecule has 0 radical (unpaired) electrons. The number of carbonyl (C=O) groups is 2. The Kier molecular flexibility index (Phi) is 5.32. The van der Waals surface area contributed by atoms with Crippen LogP contribution in [0.2, 0.25) is 0 Å². The van der Waals surface area contributed by atoms with Crippen molar-refractivity contribution in [3.63, 3.8) is 0 Å². The zero-order valence-electron chi connectivity index (χ0n) is 13.1. The molecule has 0 unspecified atom stereocenters. The number of carbonyl (C=O) groups excluding carboxylic acids is 2. The molecule has 6 heteroatoms. The predicted molar refractivity (Wildman–Crippen MR) is 88.1 cm³/mol. The Balaban J connectivity index is 1.94. The van der Waals surface area contributed by atoms with Crippen molar-refractivity contribution in [2.45, 2.75) is 13.8 Å². The third-order valence-electron chi connectivity index (χ3n) is 3.39. The number of hydrogen-bond donors (Lipinski definition) is 3. The van der Waals surface area contributed by atoms with Crippen LogP contribution in [0, 0.1) is 13.8 Å². The van der Waals surface area contributed by atoms with E-state index in [1.807, 2.05) is 37.5 Å². The normalized spacial score (nSPS) is 10.0. The van der Waals surface area contributed by atoms with Crippen molar-refractivity contribution in [1.29, 1.82) is 0 Å². The fraction of sp³-hybridized carbons (Fsp3) is 0.176. The van der Waals surface area contributed by atoms with E-state index >= 15 is 0 Å². The van der Waals surface area contributed by atoms with Crippen molar-refractivity contribution in [3.05, 3.63) is 59.2 Å². The lowest BCUT2D eigenvalue weighted by Crippen LogP contribution is -2.29. The molecule has 2 rings (SSSR count). The van der Waals surface area contributed by atoms with E-state index in [4.69, 9.17) is 10.6 Å². The van der Waals surface area contributed by atoms with E-state index in [0.717, 1.165) is 16.8 Å². The first-order valence-electron chi connectivity index (χ1n) is 7.10. The number of benzene rings is 2. The van der Waals surface area contributed by atoms with E-state index in [1.54, 1.807) is 18.2 Å². The van der Waals surface area contributed by atoms with Gasteiger partial charge in [-0.2, -0.15) is 0 Å². The highest BCUT2D eigenvalue weighted by atomic mass is 16.5. The third-order valence-corrected chi connectivity index (χ3v) is 3.39. The van der Waals surface area contributed by atoms with Gasteiger partial charge in [-0.25, -0.2) is 5.84 Å². The Labute approximate surface area is 134 Å². The first-order chi connectivity index (χ1) is 11.0. The molecule has 0 bridgehead atoms. The second-order valence-corrected chi connectivity index (χ2v) is 5.14. The quantitative estimate of drug-likeness (QED) is 0.446. The average molecular weight is 313 g/mol. The highest BCUT2D eigenvalue weighted by Crippen LogP contribution is 2.15. The number of nitrogen functional groups attached to an aromatic ring is 1. The summed E-state index contributed by atoms with van der Waals surface area (Å²) in [7, 11) is 0. The summed E-state index contributed by atoms with van der Waals surface area (Å²) in [5, 5.41) is 2.77. The number of amides is 2. The molecule has 0 atom stereocenters. The number of hydrogen-bond acceptors (Lipinski definition) is 4. The van der Waals surface area contributed by atoms with Gasteiger partial charge in [0.05, 0.1) is 0 Å². The molecule has 4 N–H and O–H groups in total. The van der Waals surface area contributed by atoms with Crippen LogP contribution >= 0.6 is 0 Å². The van der Waals surface area contributed by atoms with Crippen molar-refractivity contribution in [2.75, 3.05) is 11.9 Å². The average Bonchev–Trinajstić information content (AvgIpc) is 2.56. The number of nitrogens with one attached hydrogen (secondary N) is 2. The Morgan fingerprint density at radius 2 is 1.87 bits per heavy atom. The summed E-state index contributed by atoms with van der Waals surface area (Å²) in [6, 6.07) is 12.1. The summed E-state index contributed by atoms with van der Waals surface area (Å²) in [6.45, 7) is 3.84. The maximum Gasteiger partial charge on any atom is 0.265 e. The van der Waals surface area contributed by atoms with Gasteiger partial charge in [-0.3, -0.25) is 15.0 Å². The van der Waals surface area contributed by atoms with Crippen LogP contribution < -0.4 is 21.3 Å². The van der Waals surface area contributed by atoms with Gasteiger partial charge in [0.2, 0.25) is 0 Å². The fourth-order valence-corrected chi connectivity index (χ4v) is 1.98. The minimum absolute atomic E-state index is 0.152. The summed E-state index contributed by atoms with van der Waals surface area (Å²) < 4.78 is 5.40. The van der Waals surface area contributed by atoms with Crippen molar-refractivity contribution < 1.29 is 14.3 Å². The van der Waals surface area contributed by atoms with Gasteiger partial charge in [0, 0.05) is 11.3 Å². The maximum atomic E-state index is 11.9. The van der Waals surface area contributed by atoms with Crippen molar-refractivity contribution in [1.82, 2.24) is 5.43 Å². The molecule has 0 fully saturated rings. The molecule has 0 aliphatic carbocycles. The molecule has 2 aromatic rings. The third kappa shape index (κ3) is 4.55. The molecule has 0 saturated heterocycles. The van der Waals surface area contributed by atoms with Gasteiger partial charge in [-0.1, -0.05) is 12.1 Å². The highest BCUT2D eigenvalue weighted by Gasteiger charge is 2.07. The summed E-state index contributed by atoms with van der Waals surface area (Å²) >= 11 is 0. The molecule has 0 heterocycles. The lowest BCUT2D eigenvalue weighted by atomic mass is 10.1. The minimum Gasteiger partial charge on any atom is -0.484 e. The van der Waals surface area contributed by atoms with Crippen LogP contribution in [0.15, 0.2) is 42.5 Å². The van der Waals surface area contributed by atoms with Gasteiger partial charge in [-0.05, 0) is 55.3 Å². The van der Waals surface area contributed by atoms with Crippen LogP contribution in [0.5, 0.6) is 5.75 Å². The number of aryl methyl sites for hydroxylation is 2. The Hall–Kier alpha value is -2.86. The standard InChI is InChI=1S/C17H19N3O3/c1-11-6-7-14(8-12(11)2)19-16(21)10-23-15-5-3-4-13(9-15)17(22)20-18/h3-9H,10,18H2,1-2H3,(H,19,21)(H,20,22). The molecule has 0 spiro atoms. The molecule has 0 aliphatic rings. The van der Waals surface area contributed by atoms with Crippen molar-refractivity contribution in [3.8, 4) is 5.75 Å². The number of anilines is 1. The fourth-order valence-electron chi connectivity index (χ4n) is 1.98. The minimum atomic E-state index is -0.421.